The molecular weight excluding hydrogens is 396 g/mol. The van der Waals surface area contributed by atoms with Crippen molar-refractivity contribution in [3.63, 3.8) is 0 Å². The second kappa shape index (κ2) is 8.18. The summed E-state index contributed by atoms with van der Waals surface area (Å²) in [6.07, 6.45) is 0. The van der Waals surface area contributed by atoms with Gasteiger partial charge in [-0.05, 0) is 27.7 Å². The Bertz CT molecular complexity index is 1100. The highest BCUT2D eigenvalue weighted by Crippen LogP contribution is 2.20. The number of benzene rings is 1. The van der Waals surface area contributed by atoms with Crippen molar-refractivity contribution in [2.75, 3.05) is 0 Å². The summed E-state index contributed by atoms with van der Waals surface area (Å²) in [5.41, 5.74) is 2.92. The summed E-state index contributed by atoms with van der Waals surface area (Å²) in [5, 5.41) is 10.3. The molecule has 0 fully saturated rings. The van der Waals surface area contributed by atoms with Gasteiger partial charge in [0.15, 0.2) is 11.5 Å². The van der Waals surface area contributed by atoms with E-state index in [4.69, 9.17) is 9.05 Å². The van der Waals surface area contributed by atoms with E-state index in [0.29, 0.717) is 11.5 Å². The number of carbonyl (C=O) groups is 1. The van der Waals surface area contributed by atoms with Crippen LogP contribution < -0.4 is 10.0 Å². The molecule has 0 bridgehead atoms. The van der Waals surface area contributed by atoms with Gasteiger partial charge < -0.3 is 14.4 Å². The zero-order chi connectivity index (χ0) is 21.2. The molecule has 3 rings (SSSR count). The third-order valence-corrected chi connectivity index (χ3v) is 6.09. The quantitative estimate of drug-likeness (QED) is 0.602. The molecule has 0 radical (unpaired) electrons. The molecule has 154 valence electrons. The summed E-state index contributed by atoms with van der Waals surface area (Å²) in [6.45, 7) is 6.53. The summed E-state index contributed by atoms with van der Waals surface area (Å²) in [6, 6.07) is 8.52. The minimum Gasteiger partial charge on any atom is -0.360 e. The highest BCUT2D eigenvalue weighted by molar-refractivity contribution is 7.89. The molecule has 2 aromatic heterocycles. The first kappa shape index (κ1) is 20.7. The van der Waals surface area contributed by atoms with Gasteiger partial charge in [-0.3, -0.25) is 4.79 Å². The zero-order valence-electron chi connectivity index (χ0n) is 16.5. The van der Waals surface area contributed by atoms with Gasteiger partial charge in [0.25, 0.3) is 0 Å². The van der Waals surface area contributed by atoms with Crippen molar-refractivity contribution in [3.8, 4) is 11.3 Å². The van der Waals surface area contributed by atoms with E-state index < -0.39 is 22.0 Å². The summed E-state index contributed by atoms with van der Waals surface area (Å²) in [7, 11) is -3.94. The Kier molecular flexibility index (Phi) is 5.85. The molecule has 0 saturated heterocycles. The molecule has 0 spiro atoms. The van der Waals surface area contributed by atoms with Crippen LogP contribution in [0.25, 0.3) is 11.3 Å². The fraction of sp³-hybridized carbons (Fsp3) is 0.316. The molecule has 0 saturated carbocycles. The number of hydrogen-bond donors (Lipinski definition) is 2. The van der Waals surface area contributed by atoms with Gasteiger partial charge >= 0.3 is 0 Å². The van der Waals surface area contributed by atoms with E-state index in [2.05, 4.69) is 20.4 Å². The smallest absolute Gasteiger partial charge is 0.246 e. The largest absolute Gasteiger partial charge is 0.360 e. The summed E-state index contributed by atoms with van der Waals surface area (Å²) < 4.78 is 37.4. The minimum atomic E-state index is -3.94. The van der Waals surface area contributed by atoms with Crippen LogP contribution in [0.4, 0.5) is 0 Å². The Hall–Kier alpha value is -2.98. The number of aromatic nitrogens is 2. The number of nitrogens with zero attached hydrogens (tertiary/aromatic N) is 2. The highest BCUT2D eigenvalue weighted by Gasteiger charge is 2.28. The van der Waals surface area contributed by atoms with E-state index in [-0.39, 0.29) is 22.9 Å². The maximum atomic E-state index is 12.5. The highest BCUT2D eigenvalue weighted by atomic mass is 32.2. The Morgan fingerprint density at radius 1 is 1.10 bits per heavy atom. The molecule has 3 aromatic rings. The van der Waals surface area contributed by atoms with Crippen LogP contribution in [0, 0.1) is 20.8 Å². The Morgan fingerprint density at radius 2 is 1.79 bits per heavy atom. The molecule has 1 unspecified atom stereocenters. The number of hydrogen-bond acceptors (Lipinski definition) is 7. The first-order chi connectivity index (χ1) is 13.7. The Labute approximate surface area is 168 Å². The molecule has 1 aromatic carbocycles. The first-order valence-electron chi connectivity index (χ1n) is 8.93. The van der Waals surface area contributed by atoms with E-state index in [1.807, 2.05) is 31.2 Å². The lowest BCUT2D eigenvalue weighted by Gasteiger charge is -2.13. The number of rotatable bonds is 7. The van der Waals surface area contributed by atoms with Crippen LogP contribution in [0.2, 0.25) is 0 Å². The van der Waals surface area contributed by atoms with Gasteiger partial charge in [-0.2, -0.15) is 4.72 Å². The van der Waals surface area contributed by atoms with Gasteiger partial charge in [0.05, 0.1) is 12.6 Å². The van der Waals surface area contributed by atoms with Crippen LogP contribution in [-0.2, 0) is 21.4 Å². The van der Waals surface area contributed by atoms with Crippen LogP contribution in [0.5, 0.6) is 0 Å². The van der Waals surface area contributed by atoms with Crippen molar-refractivity contribution in [1.82, 2.24) is 20.4 Å². The summed E-state index contributed by atoms with van der Waals surface area (Å²) in [4.78, 5) is 12.2. The molecule has 9 nitrogen and oxygen atoms in total. The maximum Gasteiger partial charge on any atom is 0.246 e. The van der Waals surface area contributed by atoms with E-state index in [1.165, 1.54) is 20.8 Å². The summed E-state index contributed by atoms with van der Waals surface area (Å²) in [5.74, 6) is 0.108. The number of sulfonamides is 1. The summed E-state index contributed by atoms with van der Waals surface area (Å²) >= 11 is 0. The lowest BCUT2D eigenvalue weighted by Crippen LogP contribution is -2.44. The topological polar surface area (TPSA) is 127 Å². The number of carbonyl (C=O) groups excluding carboxylic acids is 1. The maximum absolute atomic E-state index is 12.5. The van der Waals surface area contributed by atoms with E-state index in [9.17, 15) is 13.2 Å². The number of amides is 1. The standard InChI is InChI=1S/C19H22N4O5S/c1-11-5-7-15(8-6-11)17-9-16(28-22-17)10-20-19(24)13(3)23-29(25,26)18-12(2)21-27-14(18)4/h5-9,13,23H,10H2,1-4H3,(H,20,24). The monoisotopic (exact) mass is 418 g/mol. The van der Waals surface area contributed by atoms with Gasteiger partial charge in [0, 0.05) is 11.6 Å². The molecule has 10 heteroatoms. The van der Waals surface area contributed by atoms with Gasteiger partial charge in [0.2, 0.25) is 15.9 Å². The normalized spacial score (nSPS) is 12.7. The zero-order valence-corrected chi connectivity index (χ0v) is 17.3. The lowest BCUT2D eigenvalue weighted by molar-refractivity contribution is -0.122. The van der Waals surface area contributed by atoms with E-state index in [1.54, 1.807) is 6.07 Å². The molecule has 1 amide bonds. The number of nitrogens with one attached hydrogen (secondary N) is 2. The van der Waals surface area contributed by atoms with Gasteiger partial charge in [-0.15, -0.1) is 0 Å². The van der Waals surface area contributed by atoms with Gasteiger partial charge in [-0.1, -0.05) is 40.1 Å². The van der Waals surface area contributed by atoms with Crippen molar-refractivity contribution in [3.05, 3.63) is 53.1 Å². The van der Waals surface area contributed by atoms with Gasteiger partial charge in [-0.25, -0.2) is 8.42 Å². The van der Waals surface area contributed by atoms with Crippen molar-refractivity contribution in [2.45, 2.75) is 45.2 Å². The van der Waals surface area contributed by atoms with Crippen molar-refractivity contribution < 1.29 is 22.3 Å². The fourth-order valence-corrected chi connectivity index (χ4v) is 4.32. The van der Waals surface area contributed by atoms with Crippen LogP contribution in [0.3, 0.4) is 0 Å². The molecule has 2 N–H and O–H groups in total. The van der Waals surface area contributed by atoms with E-state index >= 15 is 0 Å². The second-order valence-electron chi connectivity index (χ2n) is 6.76. The average molecular weight is 418 g/mol. The predicted molar refractivity (Wildman–Crippen MR) is 104 cm³/mol. The van der Waals surface area contributed by atoms with Crippen LogP contribution >= 0.6 is 0 Å². The van der Waals surface area contributed by atoms with E-state index in [0.717, 1.165) is 11.1 Å². The fourth-order valence-electron chi connectivity index (χ4n) is 2.79. The average Bonchev–Trinajstić information content (AvgIpc) is 3.26. The number of aryl methyl sites for hydroxylation is 3. The molecule has 0 aliphatic carbocycles. The van der Waals surface area contributed by atoms with Crippen molar-refractivity contribution in [1.29, 1.82) is 0 Å². The predicted octanol–water partition coefficient (Wildman–Crippen LogP) is 2.24. The first-order valence-corrected chi connectivity index (χ1v) is 10.4. The Morgan fingerprint density at radius 3 is 2.41 bits per heavy atom. The van der Waals surface area contributed by atoms with Gasteiger partial charge in [0.1, 0.15) is 16.3 Å². The van der Waals surface area contributed by atoms with Crippen molar-refractivity contribution >= 4 is 15.9 Å². The third kappa shape index (κ3) is 4.72. The molecular formula is C19H22N4O5S. The minimum absolute atomic E-state index is 0.0601. The third-order valence-electron chi connectivity index (χ3n) is 4.30. The SMILES string of the molecule is Cc1ccc(-c2cc(CNC(=O)C(C)NS(=O)(=O)c3c(C)noc3C)on2)cc1. The lowest BCUT2D eigenvalue weighted by atomic mass is 10.1. The van der Waals surface area contributed by atoms with Crippen LogP contribution in [0.15, 0.2) is 44.3 Å². The molecule has 0 aliphatic rings. The molecule has 2 heterocycles. The molecule has 29 heavy (non-hydrogen) atoms. The Balaban J connectivity index is 1.60. The van der Waals surface area contributed by atoms with Crippen LogP contribution in [0.1, 0.15) is 29.7 Å². The molecule has 0 aliphatic heterocycles. The second-order valence-corrected chi connectivity index (χ2v) is 8.41. The van der Waals surface area contributed by atoms with Crippen molar-refractivity contribution in [2.24, 2.45) is 0 Å². The molecule has 1 atom stereocenters. The van der Waals surface area contributed by atoms with Crippen LogP contribution in [-0.4, -0.2) is 30.7 Å².